The number of halogens is 1. The Bertz CT molecular complexity index is 357. The quantitative estimate of drug-likeness (QED) is 0.756. The first-order valence-electron chi connectivity index (χ1n) is 6.84. The summed E-state index contributed by atoms with van der Waals surface area (Å²) in [5.74, 6) is 0.0332. The third-order valence-corrected chi connectivity index (χ3v) is 3.84. The molecule has 0 aromatic carbocycles. The fourth-order valence-electron chi connectivity index (χ4n) is 2.35. The van der Waals surface area contributed by atoms with Gasteiger partial charge in [-0.2, -0.15) is 0 Å². The predicted octanol–water partition coefficient (Wildman–Crippen LogP) is 2.96. The number of Topliss-reactive ketones (excluding diaryl/α,β-unsaturated/α-hetero) is 1. The molecule has 1 aliphatic heterocycles. The molecule has 1 heterocycles. The smallest absolute Gasteiger partial charge is 0.164 e. The summed E-state index contributed by atoms with van der Waals surface area (Å²) >= 11 is 0. The van der Waals surface area contributed by atoms with Crippen molar-refractivity contribution >= 4 is 5.78 Å². The van der Waals surface area contributed by atoms with Crippen molar-refractivity contribution in [2.45, 2.75) is 70.7 Å². The standard InChI is InChI=1S/C15H25FO3/c1-11(8-10-16)5-6-12(17)15(4)9-7-13(19-15)14(2,3)18/h8,13,18H,5-7,9-10H2,1-4H3/b11-8+/t13-,15-/m1/s1. The number of allylic oxidation sites excluding steroid dienone is 2. The molecule has 1 saturated heterocycles. The molecule has 2 atom stereocenters. The monoisotopic (exact) mass is 272 g/mol. The Hall–Kier alpha value is -0.740. The van der Waals surface area contributed by atoms with Crippen LogP contribution in [-0.4, -0.2) is 34.9 Å². The van der Waals surface area contributed by atoms with Crippen LogP contribution in [0.3, 0.4) is 0 Å². The molecule has 1 fully saturated rings. The fraction of sp³-hybridized carbons (Fsp3) is 0.800. The van der Waals surface area contributed by atoms with Crippen LogP contribution in [0.1, 0.15) is 53.4 Å². The van der Waals surface area contributed by atoms with Crippen LogP contribution in [0.15, 0.2) is 11.6 Å². The lowest BCUT2D eigenvalue weighted by Gasteiger charge is -2.29. The zero-order valence-corrected chi connectivity index (χ0v) is 12.3. The normalized spacial score (nSPS) is 28.7. The molecule has 3 nitrogen and oxygen atoms in total. The van der Waals surface area contributed by atoms with Gasteiger partial charge in [-0.15, -0.1) is 0 Å². The lowest BCUT2D eigenvalue weighted by molar-refractivity contribution is -0.152. The Kier molecular flexibility index (Phi) is 5.27. The Morgan fingerprint density at radius 1 is 1.53 bits per heavy atom. The number of rotatable bonds is 6. The average Bonchev–Trinajstić information content (AvgIpc) is 2.70. The molecule has 1 N–H and O–H groups in total. The van der Waals surface area contributed by atoms with Gasteiger partial charge in [0.25, 0.3) is 0 Å². The third kappa shape index (κ3) is 4.39. The van der Waals surface area contributed by atoms with Gasteiger partial charge in [0.05, 0.1) is 11.7 Å². The largest absolute Gasteiger partial charge is 0.388 e. The summed E-state index contributed by atoms with van der Waals surface area (Å²) in [6.45, 7) is 6.51. The van der Waals surface area contributed by atoms with E-state index in [0.29, 0.717) is 25.7 Å². The van der Waals surface area contributed by atoms with E-state index in [2.05, 4.69) is 0 Å². The maximum atomic E-state index is 12.2. The second-order valence-electron chi connectivity index (χ2n) is 6.16. The van der Waals surface area contributed by atoms with Gasteiger partial charge in [-0.05, 0) is 47.0 Å². The number of carbonyl (C=O) groups excluding carboxylic acids is 1. The second kappa shape index (κ2) is 6.14. The molecule has 0 radical (unpaired) electrons. The topological polar surface area (TPSA) is 46.5 Å². The van der Waals surface area contributed by atoms with Crippen LogP contribution in [0.5, 0.6) is 0 Å². The fourth-order valence-corrected chi connectivity index (χ4v) is 2.35. The predicted molar refractivity (Wildman–Crippen MR) is 72.8 cm³/mol. The summed E-state index contributed by atoms with van der Waals surface area (Å²) in [6.07, 6.45) is 3.43. The highest BCUT2D eigenvalue weighted by atomic mass is 19.1. The maximum Gasteiger partial charge on any atom is 0.164 e. The zero-order valence-electron chi connectivity index (χ0n) is 12.3. The highest BCUT2D eigenvalue weighted by Gasteiger charge is 2.46. The van der Waals surface area contributed by atoms with Crippen molar-refractivity contribution in [3.8, 4) is 0 Å². The van der Waals surface area contributed by atoms with Gasteiger partial charge in [0.2, 0.25) is 0 Å². The van der Waals surface area contributed by atoms with Crippen molar-refractivity contribution in [2.24, 2.45) is 0 Å². The third-order valence-electron chi connectivity index (χ3n) is 3.84. The molecule has 0 unspecified atom stereocenters. The lowest BCUT2D eigenvalue weighted by atomic mass is 9.91. The van der Waals surface area contributed by atoms with E-state index in [1.807, 2.05) is 6.92 Å². The first-order chi connectivity index (χ1) is 8.69. The molecule has 0 aromatic rings. The van der Waals surface area contributed by atoms with Gasteiger partial charge in [-0.1, -0.05) is 11.6 Å². The Balaban J connectivity index is 2.56. The van der Waals surface area contributed by atoms with Crippen molar-refractivity contribution in [1.29, 1.82) is 0 Å². The molecule has 110 valence electrons. The number of alkyl halides is 1. The number of ketones is 1. The van der Waals surface area contributed by atoms with Crippen LogP contribution in [0.2, 0.25) is 0 Å². The Labute approximate surface area is 114 Å². The molecule has 0 amide bonds. The number of carbonyl (C=O) groups is 1. The van der Waals surface area contributed by atoms with E-state index < -0.39 is 17.9 Å². The van der Waals surface area contributed by atoms with Gasteiger partial charge < -0.3 is 9.84 Å². The minimum absolute atomic E-state index is 0.0332. The number of aliphatic hydroxyl groups is 1. The summed E-state index contributed by atoms with van der Waals surface area (Å²) in [5.41, 5.74) is -0.848. The van der Waals surface area contributed by atoms with Gasteiger partial charge in [0.15, 0.2) is 5.78 Å². The minimum Gasteiger partial charge on any atom is -0.388 e. The van der Waals surface area contributed by atoms with E-state index in [9.17, 15) is 14.3 Å². The molecule has 4 heteroatoms. The molecular formula is C15H25FO3. The first kappa shape index (κ1) is 16.3. The van der Waals surface area contributed by atoms with Crippen molar-refractivity contribution in [3.63, 3.8) is 0 Å². The Morgan fingerprint density at radius 3 is 2.63 bits per heavy atom. The SMILES string of the molecule is C/C(=C\CF)CCC(=O)[C@@]1(C)CC[C@H](C(C)(C)O)O1. The van der Waals surface area contributed by atoms with E-state index in [1.54, 1.807) is 20.8 Å². The van der Waals surface area contributed by atoms with Crippen molar-refractivity contribution < 1.29 is 19.0 Å². The van der Waals surface area contributed by atoms with E-state index in [0.717, 1.165) is 5.57 Å². The number of hydrogen-bond acceptors (Lipinski definition) is 3. The number of ether oxygens (including phenoxy) is 1. The van der Waals surface area contributed by atoms with Gasteiger partial charge in [0.1, 0.15) is 12.3 Å². The van der Waals surface area contributed by atoms with E-state index in [1.165, 1.54) is 6.08 Å². The molecule has 0 aromatic heterocycles. The first-order valence-corrected chi connectivity index (χ1v) is 6.84. The van der Waals surface area contributed by atoms with Gasteiger partial charge in [-0.25, -0.2) is 4.39 Å². The van der Waals surface area contributed by atoms with Crippen molar-refractivity contribution in [2.75, 3.05) is 6.67 Å². The van der Waals surface area contributed by atoms with Crippen LogP contribution in [0.4, 0.5) is 4.39 Å². The van der Waals surface area contributed by atoms with Crippen LogP contribution in [0, 0.1) is 0 Å². The molecule has 19 heavy (non-hydrogen) atoms. The zero-order chi connectivity index (χ0) is 14.7. The molecule has 1 rings (SSSR count). The highest BCUT2D eigenvalue weighted by Crippen LogP contribution is 2.36. The van der Waals surface area contributed by atoms with Gasteiger partial charge in [-0.3, -0.25) is 4.79 Å². The summed E-state index contributed by atoms with van der Waals surface area (Å²) in [7, 11) is 0. The summed E-state index contributed by atoms with van der Waals surface area (Å²) in [4.78, 5) is 12.2. The highest BCUT2D eigenvalue weighted by molar-refractivity contribution is 5.87. The van der Waals surface area contributed by atoms with Crippen LogP contribution < -0.4 is 0 Å². The maximum absolute atomic E-state index is 12.2. The number of hydrogen-bond donors (Lipinski definition) is 1. The molecule has 0 spiro atoms. The summed E-state index contributed by atoms with van der Waals surface area (Å²) < 4.78 is 17.9. The van der Waals surface area contributed by atoms with Crippen LogP contribution in [0.25, 0.3) is 0 Å². The van der Waals surface area contributed by atoms with Crippen molar-refractivity contribution in [3.05, 3.63) is 11.6 Å². The molecular weight excluding hydrogens is 247 g/mol. The molecule has 0 bridgehead atoms. The van der Waals surface area contributed by atoms with E-state index in [-0.39, 0.29) is 11.9 Å². The summed E-state index contributed by atoms with van der Waals surface area (Å²) in [5, 5.41) is 9.93. The Morgan fingerprint density at radius 2 is 2.16 bits per heavy atom. The van der Waals surface area contributed by atoms with Crippen molar-refractivity contribution in [1.82, 2.24) is 0 Å². The van der Waals surface area contributed by atoms with Crippen LogP contribution >= 0.6 is 0 Å². The van der Waals surface area contributed by atoms with Gasteiger partial charge in [0, 0.05) is 6.42 Å². The van der Waals surface area contributed by atoms with E-state index in [4.69, 9.17) is 4.74 Å². The molecule has 0 aliphatic carbocycles. The van der Waals surface area contributed by atoms with Gasteiger partial charge >= 0.3 is 0 Å². The second-order valence-corrected chi connectivity index (χ2v) is 6.16. The van der Waals surface area contributed by atoms with E-state index >= 15 is 0 Å². The van der Waals surface area contributed by atoms with Crippen LogP contribution in [-0.2, 0) is 9.53 Å². The molecule has 1 aliphatic rings. The lowest BCUT2D eigenvalue weighted by Crippen LogP contribution is -2.41. The average molecular weight is 272 g/mol. The minimum atomic E-state index is -0.928. The molecule has 0 saturated carbocycles. The summed E-state index contributed by atoms with van der Waals surface area (Å²) in [6, 6.07) is 0.